The molecule has 3 rings (SSSR count). The van der Waals surface area contributed by atoms with E-state index >= 15 is 0 Å². The topological polar surface area (TPSA) is 58.6 Å². The molecule has 0 saturated carbocycles. The summed E-state index contributed by atoms with van der Waals surface area (Å²) in [6, 6.07) is 14.0. The lowest BCUT2D eigenvalue weighted by molar-refractivity contribution is -0.143. The minimum Gasteiger partial charge on any atom is -0.469 e. The number of aliphatic hydroxyl groups excluding tert-OH is 1. The van der Waals surface area contributed by atoms with Crippen molar-refractivity contribution in [3.8, 4) is 0 Å². The normalized spacial score (nSPS) is 23.1. The molecule has 2 N–H and O–H groups in total. The predicted octanol–water partition coefficient (Wildman–Crippen LogP) is 1.82. The van der Waals surface area contributed by atoms with Crippen LogP contribution in [0.3, 0.4) is 0 Å². The number of aliphatic hydroxyl groups is 1. The average molecular weight is 285 g/mol. The van der Waals surface area contributed by atoms with Crippen LogP contribution in [-0.4, -0.2) is 36.9 Å². The predicted molar refractivity (Wildman–Crippen MR) is 81.1 cm³/mol. The summed E-state index contributed by atoms with van der Waals surface area (Å²) in [4.78, 5) is 12.2. The summed E-state index contributed by atoms with van der Waals surface area (Å²) in [5.41, 5.74) is 0.923. The summed E-state index contributed by atoms with van der Waals surface area (Å²) in [5, 5.41) is 15.2. The summed E-state index contributed by atoms with van der Waals surface area (Å²) >= 11 is 0. The number of benzene rings is 2. The molecule has 1 aliphatic heterocycles. The minimum absolute atomic E-state index is 0.0892. The van der Waals surface area contributed by atoms with E-state index in [1.165, 1.54) is 7.11 Å². The van der Waals surface area contributed by atoms with E-state index < -0.39 is 12.0 Å². The lowest BCUT2D eigenvalue weighted by Crippen LogP contribution is -2.34. The van der Waals surface area contributed by atoms with Crippen molar-refractivity contribution in [1.82, 2.24) is 5.32 Å². The van der Waals surface area contributed by atoms with Crippen molar-refractivity contribution >= 4 is 16.7 Å². The molecule has 4 nitrogen and oxygen atoms in total. The largest absolute Gasteiger partial charge is 0.469 e. The van der Waals surface area contributed by atoms with Crippen LogP contribution in [0, 0.1) is 0 Å². The Kier molecular flexibility index (Phi) is 3.90. The number of carbonyl (C=O) groups excluding carboxylic acids is 1. The van der Waals surface area contributed by atoms with Gasteiger partial charge in [-0.15, -0.1) is 0 Å². The van der Waals surface area contributed by atoms with Crippen molar-refractivity contribution in [3.05, 3.63) is 48.0 Å². The van der Waals surface area contributed by atoms with Crippen LogP contribution >= 0.6 is 0 Å². The quantitative estimate of drug-likeness (QED) is 0.845. The molecular weight excluding hydrogens is 266 g/mol. The number of esters is 1. The average Bonchev–Trinajstić information content (AvgIpc) is 2.93. The number of rotatable bonds is 3. The molecule has 0 amide bonds. The molecule has 0 bridgehead atoms. The van der Waals surface area contributed by atoms with E-state index in [2.05, 4.69) is 5.32 Å². The van der Waals surface area contributed by atoms with Crippen LogP contribution in [0.5, 0.6) is 0 Å². The van der Waals surface area contributed by atoms with Crippen LogP contribution in [-0.2, 0) is 9.53 Å². The Balaban J connectivity index is 1.99. The molecule has 1 unspecified atom stereocenters. The highest BCUT2D eigenvalue weighted by Gasteiger charge is 2.35. The van der Waals surface area contributed by atoms with Crippen molar-refractivity contribution in [2.75, 3.05) is 13.7 Å². The molecule has 0 aromatic heterocycles. The van der Waals surface area contributed by atoms with E-state index in [1.807, 2.05) is 42.5 Å². The molecule has 21 heavy (non-hydrogen) atoms. The molecule has 1 saturated heterocycles. The standard InChI is InChI=1S/C17H19NO3/c1-21-17(20)16(15-9-14(19)10-18-15)13-7-6-11-4-2-3-5-12(11)8-13/h2-8,14-16,18-19H,9-10H2,1H3/t14-,15+,16?/m1/s1. The third-order valence-corrected chi connectivity index (χ3v) is 4.13. The highest BCUT2D eigenvalue weighted by atomic mass is 16.5. The first kappa shape index (κ1) is 14.0. The van der Waals surface area contributed by atoms with E-state index in [-0.39, 0.29) is 12.0 Å². The number of carbonyl (C=O) groups is 1. The maximum atomic E-state index is 12.2. The van der Waals surface area contributed by atoms with Gasteiger partial charge in [0, 0.05) is 12.6 Å². The SMILES string of the molecule is COC(=O)C(c1ccc2ccccc2c1)[C@@H]1C[C@@H](O)CN1. The zero-order valence-corrected chi connectivity index (χ0v) is 12.0. The van der Waals surface area contributed by atoms with E-state index in [9.17, 15) is 9.90 Å². The first-order chi connectivity index (χ1) is 10.2. The maximum absolute atomic E-state index is 12.2. The second kappa shape index (κ2) is 5.84. The Hall–Kier alpha value is -1.91. The summed E-state index contributed by atoms with van der Waals surface area (Å²) in [5.74, 6) is -0.659. The second-order valence-electron chi connectivity index (χ2n) is 5.51. The van der Waals surface area contributed by atoms with E-state index in [0.29, 0.717) is 13.0 Å². The van der Waals surface area contributed by atoms with Crippen LogP contribution < -0.4 is 5.32 Å². The Labute approximate surface area is 123 Å². The Bertz CT molecular complexity index is 655. The van der Waals surface area contributed by atoms with Gasteiger partial charge in [-0.25, -0.2) is 0 Å². The molecule has 0 aliphatic carbocycles. The zero-order chi connectivity index (χ0) is 14.8. The van der Waals surface area contributed by atoms with E-state index in [1.54, 1.807) is 0 Å². The van der Waals surface area contributed by atoms with E-state index in [4.69, 9.17) is 4.74 Å². The fourth-order valence-electron chi connectivity index (χ4n) is 3.06. The summed E-state index contributed by atoms with van der Waals surface area (Å²) in [7, 11) is 1.40. The fraction of sp³-hybridized carbons (Fsp3) is 0.353. The van der Waals surface area contributed by atoms with Gasteiger partial charge in [0.1, 0.15) is 0 Å². The van der Waals surface area contributed by atoms with Gasteiger partial charge < -0.3 is 15.2 Å². The minimum atomic E-state index is -0.400. The fourth-order valence-corrected chi connectivity index (χ4v) is 3.06. The van der Waals surface area contributed by atoms with Crippen molar-refractivity contribution in [2.45, 2.75) is 24.5 Å². The second-order valence-corrected chi connectivity index (χ2v) is 5.51. The molecule has 110 valence electrons. The molecule has 0 radical (unpaired) electrons. The van der Waals surface area contributed by atoms with Crippen molar-refractivity contribution in [1.29, 1.82) is 0 Å². The molecule has 2 aromatic rings. The Morgan fingerprint density at radius 3 is 2.71 bits per heavy atom. The molecule has 1 heterocycles. The summed E-state index contributed by atoms with van der Waals surface area (Å²) in [6.07, 6.45) is 0.162. The van der Waals surface area contributed by atoms with Gasteiger partial charge in [0.15, 0.2) is 0 Å². The Morgan fingerprint density at radius 1 is 1.29 bits per heavy atom. The third kappa shape index (κ3) is 2.77. The molecule has 0 spiro atoms. The summed E-state index contributed by atoms with van der Waals surface area (Å²) < 4.78 is 4.97. The Morgan fingerprint density at radius 2 is 2.05 bits per heavy atom. The van der Waals surface area contributed by atoms with Crippen LogP contribution in [0.25, 0.3) is 10.8 Å². The molecular formula is C17H19NO3. The number of β-amino-alcohol motifs (C(OH)–C–C–N with tert-alkyl or cyclic N) is 1. The lowest BCUT2D eigenvalue weighted by Gasteiger charge is -2.22. The van der Waals surface area contributed by atoms with Crippen molar-refractivity contribution < 1.29 is 14.6 Å². The van der Waals surface area contributed by atoms with Gasteiger partial charge in [-0.2, -0.15) is 0 Å². The number of ether oxygens (including phenoxy) is 1. The smallest absolute Gasteiger partial charge is 0.314 e. The maximum Gasteiger partial charge on any atom is 0.314 e. The monoisotopic (exact) mass is 285 g/mol. The molecule has 2 aromatic carbocycles. The van der Waals surface area contributed by atoms with Gasteiger partial charge in [-0.3, -0.25) is 4.79 Å². The first-order valence-electron chi connectivity index (χ1n) is 7.17. The van der Waals surface area contributed by atoms with Gasteiger partial charge in [0.25, 0.3) is 0 Å². The third-order valence-electron chi connectivity index (χ3n) is 4.13. The van der Waals surface area contributed by atoms with Crippen molar-refractivity contribution in [2.24, 2.45) is 0 Å². The van der Waals surface area contributed by atoms with Gasteiger partial charge in [0.2, 0.25) is 0 Å². The van der Waals surface area contributed by atoms with Gasteiger partial charge in [-0.1, -0.05) is 42.5 Å². The van der Waals surface area contributed by atoms with Crippen LogP contribution in [0.4, 0.5) is 0 Å². The van der Waals surface area contributed by atoms with Crippen LogP contribution in [0.1, 0.15) is 17.9 Å². The number of nitrogens with one attached hydrogen (secondary N) is 1. The highest BCUT2D eigenvalue weighted by molar-refractivity contribution is 5.86. The lowest BCUT2D eigenvalue weighted by atomic mass is 9.89. The van der Waals surface area contributed by atoms with Gasteiger partial charge in [0.05, 0.1) is 19.1 Å². The summed E-state index contributed by atoms with van der Waals surface area (Å²) in [6.45, 7) is 0.520. The van der Waals surface area contributed by atoms with Gasteiger partial charge in [-0.05, 0) is 22.8 Å². The van der Waals surface area contributed by atoms with Gasteiger partial charge >= 0.3 is 5.97 Å². The molecule has 1 fully saturated rings. The van der Waals surface area contributed by atoms with Crippen LogP contribution in [0.15, 0.2) is 42.5 Å². The zero-order valence-electron chi connectivity index (χ0n) is 12.0. The molecule has 3 atom stereocenters. The molecule has 4 heteroatoms. The highest BCUT2D eigenvalue weighted by Crippen LogP contribution is 2.29. The number of hydrogen-bond donors (Lipinski definition) is 2. The molecule has 1 aliphatic rings. The van der Waals surface area contributed by atoms with Crippen LogP contribution in [0.2, 0.25) is 0 Å². The van der Waals surface area contributed by atoms with E-state index in [0.717, 1.165) is 16.3 Å². The first-order valence-corrected chi connectivity index (χ1v) is 7.17. The number of hydrogen-bond acceptors (Lipinski definition) is 4. The number of methoxy groups -OCH3 is 1. The number of fused-ring (bicyclic) bond motifs is 1. The van der Waals surface area contributed by atoms with Crippen molar-refractivity contribution in [3.63, 3.8) is 0 Å².